The molecule has 1 aromatic rings. The molecule has 0 aliphatic carbocycles. The van der Waals surface area contributed by atoms with Crippen LogP contribution in [0.5, 0.6) is 0 Å². The number of rotatable bonds is 2. The monoisotopic (exact) mass is 147 g/mol. The Hall–Kier alpha value is -0.0200. The molecule has 0 saturated carbocycles. The van der Waals surface area contributed by atoms with E-state index in [-0.39, 0.29) is 31.0 Å². The molecular formula is C7H10NNaO. The van der Waals surface area contributed by atoms with Crippen LogP contribution in [0, 0.1) is 0 Å². The van der Waals surface area contributed by atoms with Crippen molar-refractivity contribution >= 4 is 5.69 Å². The predicted octanol–water partition coefficient (Wildman–Crippen LogP) is -1.22. The van der Waals surface area contributed by atoms with Crippen molar-refractivity contribution in [3.63, 3.8) is 0 Å². The van der Waals surface area contributed by atoms with Crippen LogP contribution in [0.2, 0.25) is 0 Å². The molecule has 3 heteroatoms. The Morgan fingerprint density at radius 2 is 1.90 bits per heavy atom. The molecule has 10 heavy (non-hydrogen) atoms. The fraction of sp³-hybridized carbons (Fsp3) is 0.143. The Balaban J connectivity index is 0. The topological polar surface area (TPSA) is 21.3 Å². The van der Waals surface area contributed by atoms with Gasteiger partial charge in [0.05, 0.1) is 12.8 Å². The maximum atomic E-state index is 4.68. The van der Waals surface area contributed by atoms with Crippen molar-refractivity contribution in [2.24, 2.45) is 0 Å². The van der Waals surface area contributed by atoms with Crippen LogP contribution >= 0.6 is 0 Å². The van der Waals surface area contributed by atoms with E-state index < -0.39 is 0 Å². The summed E-state index contributed by atoms with van der Waals surface area (Å²) in [4.78, 5) is 4.68. The van der Waals surface area contributed by atoms with E-state index in [2.05, 4.69) is 10.3 Å². The van der Waals surface area contributed by atoms with E-state index in [0.717, 1.165) is 5.69 Å². The van der Waals surface area contributed by atoms with Crippen LogP contribution in [0.25, 0.3) is 0 Å². The second kappa shape index (κ2) is 5.74. The predicted molar refractivity (Wildman–Crippen MR) is 38.2 cm³/mol. The molecule has 1 rings (SSSR count). The zero-order valence-corrected chi connectivity index (χ0v) is 8.29. The zero-order chi connectivity index (χ0) is 6.53. The van der Waals surface area contributed by atoms with E-state index in [4.69, 9.17) is 0 Å². The first-order valence-electron chi connectivity index (χ1n) is 2.77. The van der Waals surface area contributed by atoms with E-state index in [9.17, 15) is 0 Å². The summed E-state index contributed by atoms with van der Waals surface area (Å²) in [5, 5.41) is 0. The molecule has 0 fully saturated rings. The smallest absolute Gasteiger partial charge is 1.00 e. The summed E-state index contributed by atoms with van der Waals surface area (Å²) in [5.74, 6) is 0. The van der Waals surface area contributed by atoms with Gasteiger partial charge in [-0.25, -0.2) is 0 Å². The van der Waals surface area contributed by atoms with Crippen molar-refractivity contribution in [2.45, 2.75) is 0 Å². The number of para-hydroxylation sites is 1. The van der Waals surface area contributed by atoms with Crippen molar-refractivity contribution in [2.75, 3.05) is 12.6 Å². The normalized spacial score (nSPS) is 8.10. The zero-order valence-electron chi connectivity index (χ0n) is 7.29. The Kier molecular flexibility index (Phi) is 5.73. The van der Waals surface area contributed by atoms with E-state index in [1.165, 1.54) is 0 Å². The average molecular weight is 147 g/mol. The fourth-order valence-corrected chi connectivity index (χ4v) is 0.624. The summed E-state index contributed by atoms with van der Waals surface area (Å²) in [6.07, 6.45) is 0. The van der Waals surface area contributed by atoms with Gasteiger partial charge in [-0.05, 0) is 12.1 Å². The molecule has 0 aromatic heterocycles. The minimum Gasteiger partial charge on any atom is -1.00 e. The van der Waals surface area contributed by atoms with Gasteiger partial charge in [-0.3, -0.25) is 10.3 Å². The van der Waals surface area contributed by atoms with Crippen LogP contribution in [-0.2, 0) is 4.84 Å². The van der Waals surface area contributed by atoms with Crippen LogP contribution in [0.4, 0.5) is 5.69 Å². The molecule has 0 amide bonds. The molecule has 0 radical (unpaired) electrons. The molecule has 2 nitrogen and oxygen atoms in total. The van der Waals surface area contributed by atoms with Gasteiger partial charge in [-0.1, -0.05) is 18.2 Å². The van der Waals surface area contributed by atoms with Crippen LogP contribution in [0.15, 0.2) is 30.3 Å². The van der Waals surface area contributed by atoms with Crippen molar-refractivity contribution < 1.29 is 35.8 Å². The van der Waals surface area contributed by atoms with E-state index >= 15 is 0 Å². The van der Waals surface area contributed by atoms with Gasteiger partial charge in [-0.2, -0.15) is 0 Å². The van der Waals surface area contributed by atoms with Crippen LogP contribution in [0.1, 0.15) is 1.43 Å². The van der Waals surface area contributed by atoms with Gasteiger partial charge < -0.3 is 1.43 Å². The van der Waals surface area contributed by atoms with Crippen molar-refractivity contribution in [3.8, 4) is 0 Å². The molecular weight excluding hydrogens is 137 g/mol. The maximum Gasteiger partial charge on any atom is 1.00 e. The molecule has 0 unspecified atom stereocenters. The number of hydrogen-bond donors (Lipinski definition) is 1. The Morgan fingerprint density at radius 1 is 1.30 bits per heavy atom. The second-order valence-electron chi connectivity index (χ2n) is 1.67. The third kappa shape index (κ3) is 3.22. The van der Waals surface area contributed by atoms with Gasteiger partial charge in [0, 0.05) is 0 Å². The third-order valence-corrected chi connectivity index (χ3v) is 0.994. The fourth-order valence-electron chi connectivity index (χ4n) is 0.624. The first-order valence-corrected chi connectivity index (χ1v) is 2.77. The molecule has 1 aromatic carbocycles. The van der Waals surface area contributed by atoms with Crippen molar-refractivity contribution in [3.05, 3.63) is 30.3 Å². The van der Waals surface area contributed by atoms with Crippen LogP contribution in [0.3, 0.4) is 0 Å². The molecule has 0 bridgehead atoms. The van der Waals surface area contributed by atoms with Gasteiger partial charge in [0.25, 0.3) is 0 Å². The largest absolute Gasteiger partial charge is 1.00 e. The molecule has 0 heterocycles. The van der Waals surface area contributed by atoms with E-state index in [0.29, 0.717) is 0 Å². The van der Waals surface area contributed by atoms with Gasteiger partial charge in [0.15, 0.2) is 0 Å². The second-order valence-corrected chi connectivity index (χ2v) is 1.67. The Labute approximate surface area is 84.3 Å². The summed E-state index contributed by atoms with van der Waals surface area (Å²) in [6.45, 7) is 0. The quantitative estimate of drug-likeness (QED) is 0.418. The third-order valence-electron chi connectivity index (χ3n) is 0.994. The van der Waals surface area contributed by atoms with Gasteiger partial charge in [0.1, 0.15) is 0 Å². The number of anilines is 1. The Bertz CT molecular complexity index is 171. The molecule has 0 aliphatic rings. The first kappa shape index (κ1) is 9.98. The van der Waals surface area contributed by atoms with Crippen LogP contribution < -0.4 is 35.0 Å². The minimum absolute atomic E-state index is 0. The molecule has 0 spiro atoms. The Morgan fingerprint density at radius 3 is 2.40 bits per heavy atom. The first-order chi connectivity index (χ1) is 4.43. The maximum absolute atomic E-state index is 4.68. The summed E-state index contributed by atoms with van der Waals surface area (Å²) in [6, 6.07) is 9.72. The van der Waals surface area contributed by atoms with E-state index in [1.54, 1.807) is 7.11 Å². The standard InChI is InChI=1S/C7H9NO.Na.H/c1-9-8-7-5-3-2-4-6-7;;/h2-6,8H,1H3;;/q;+1;-1. The van der Waals surface area contributed by atoms with E-state index in [1.807, 2.05) is 30.3 Å². The van der Waals surface area contributed by atoms with Crippen molar-refractivity contribution in [1.82, 2.24) is 0 Å². The molecule has 0 atom stereocenters. The van der Waals surface area contributed by atoms with Gasteiger partial charge in [-0.15, -0.1) is 0 Å². The molecule has 0 saturated heterocycles. The van der Waals surface area contributed by atoms with Gasteiger partial charge >= 0.3 is 29.6 Å². The molecule has 50 valence electrons. The average Bonchev–Trinajstić information content (AvgIpc) is 1.91. The summed E-state index contributed by atoms with van der Waals surface area (Å²) in [5.41, 5.74) is 3.68. The minimum atomic E-state index is 0. The summed E-state index contributed by atoms with van der Waals surface area (Å²) in [7, 11) is 1.59. The van der Waals surface area contributed by atoms with Crippen molar-refractivity contribution in [1.29, 1.82) is 0 Å². The summed E-state index contributed by atoms with van der Waals surface area (Å²) >= 11 is 0. The van der Waals surface area contributed by atoms with Gasteiger partial charge in [0.2, 0.25) is 0 Å². The number of nitrogens with one attached hydrogen (secondary N) is 1. The molecule has 0 aliphatic heterocycles. The molecule has 1 N–H and O–H groups in total. The summed E-state index contributed by atoms with van der Waals surface area (Å²) < 4.78 is 0. The SMILES string of the molecule is CONc1ccccc1.[H-].[Na+]. The van der Waals surface area contributed by atoms with Crippen LogP contribution in [-0.4, -0.2) is 7.11 Å². The number of benzene rings is 1. The number of hydrogen-bond acceptors (Lipinski definition) is 2.